The van der Waals surface area contributed by atoms with Gasteiger partial charge in [0.15, 0.2) is 0 Å². The first-order valence-electron chi connectivity index (χ1n) is 6.43. The highest BCUT2D eigenvalue weighted by molar-refractivity contribution is 6.59. The van der Waals surface area contributed by atoms with E-state index in [1.165, 1.54) is 0 Å². The Morgan fingerprint density at radius 3 is 2.48 bits per heavy atom. The molecule has 0 bridgehead atoms. The highest BCUT2D eigenvalue weighted by Gasteiger charge is 2.17. The smallest absolute Gasteiger partial charge is 0.492 e. The summed E-state index contributed by atoms with van der Waals surface area (Å²) in [6, 6.07) is 10.5. The average Bonchev–Trinajstić information content (AvgIpc) is 2.46. The van der Waals surface area contributed by atoms with Crippen LogP contribution in [-0.4, -0.2) is 24.3 Å². The van der Waals surface area contributed by atoms with Crippen LogP contribution in [0.3, 0.4) is 0 Å². The molecule has 4 nitrogen and oxygen atoms in total. The van der Waals surface area contributed by atoms with E-state index in [0.717, 1.165) is 11.1 Å². The zero-order chi connectivity index (χ0) is 15.4. The van der Waals surface area contributed by atoms with Crippen LogP contribution in [0.2, 0.25) is 5.02 Å². The van der Waals surface area contributed by atoms with Crippen molar-refractivity contribution in [1.82, 2.24) is 0 Å². The van der Waals surface area contributed by atoms with Crippen LogP contribution in [0.15, 0.2) is 36.4 Å². The monoisotopic (exact) mass is 306 g/mol. The molecule has 21 heavy (non-hydrogen) atoms. The molecule has 2 rings (SSSR count). The summed E-state index contributed by atoms with van der Waals surface area (Å²) in [5.74, 6) is 1.08. The second kappa shape index (κ2) is 6.85. The van der Waals surface area contributed by atoms with Gasteiger partial charge in [-0.25, -0.2) is 0 Å². The third kappa shape index (κ3) is 3.91. The van der Waals surface area contributed by atoms with Gasteiger partial charge in [-0.05, 0) is 31.2 Å². The van der Waals surface area contributed by atoms with Crippen LogP contribution in [-0.2, 0) is 6.61 Å². The highest BCUT2D eigenvalue weighted by atomic mass is 35.5. The number of ether oxygens (including phenoxy) is 2. The lowest BCUT2D eigenvalue weighted by Crippen LogP contribution is -2.31. The lowest BCUT2D eigenvalue weighted by molar-refractivity contribution is 0.297. The number of methoxy groups -OCH3 is 1. The quantitative estimate of drug-likeness (QED) is 0.829. The minimum atomic E-state index is -1.58. The van der Waals surface area contributed by atoms with Crippen molar-refractivity contribution in [3.8, 4) is 11.5 Å². The second-order valence-electron chi connectivity index (χ2n) is 4.66. The van der Waals surface area contributed by atoms with Crippen LogP contribution in [0.5, 0.6) is 11.5 Å². The fraction of sp³-hybridized carbons (Fsp3) is 0.200. The van der Waals surface area contributed by atoms with Crippen molar-refractivity contribution in [2.45, 2.75) is 13.5 Å². The molecular formula is C15H16BClO4. The topological polar surface area (TPSA) is 58.9 Å². The summed E-state index contributed by atoms with van der Waals surface area (Å²) < 4.78 is 10.9. The maximum absolute atomic E-state index is 9.40. The van der Waals surface area contributed by atoms with Crippen LogP contribution in [0.1, 0.15) is 11.1 Å². The molecule has 110 valence electrons. The van der Waals surface area contributed by atoms with Gasteiger partial charge in [0.25, 0.3) is 0 Å². The SMILES string of the molecule is COc1ccc(Cl)cc1COc1ccc(C)cc1B(O)O. The van der Waals surface area contributed by atoms with Gasteiger partial charge < -0.3 is 19.5 Å². The van der Waals surface area contributed by atoms with Gasteiger partial charge in [0, 0.05) is 16.0 Å². The molecule has 2 N–H and O–H groups in total. The molecule has 0 unspecified atom stereocenters. The first-order valence-corrected chi connectivity index (χ1v) is 6.81. The minimum Gasteiger partial charge on any atom is -0.496 e. The molecule has 0 amide bonds. The van der Waals surface area contributed by atoms with E-state index in [-0.39, 0.29) is 6.61 Å². The van der Waals surface area contributed by atoms with Gasteiger partial charge in [-0.1, -0.05) is 29.3 Å². The number of benzene rings is 2. The Balaban J connectivity index is 2.22. The van der Waals surface area contributed by atoms with Crippen molar-refractivity contribution in [2.75, 3.05) is 7.11 Å². The molecule has 0 atom stereocenters. The van der Waals surface area contributed by atoms with Crippen LogP contribution in [0, 0.1) is 6.92 Å². The van der Waals surface area contributed by atoms with Crippen molar-refractivity contribution in [3.05, 3.63) is 52.5 Å². The molecule has 0 aliphatic heterocycles. The van der Waals surface area contributed by atoms with Gasteiger partial charge in [-0.15, -0.1) is 0 Å². The van der Waals surface area contributed by atoms with Crippen LogP contribution >= 0.6 is 11.6 Å². The summed E-state index contributed by atoms with van der Waals surface area (Å²) in [6.07, 6.45) is 0. The highest BCUT2D eigenvalue weighted by Crippen LogP contribution is 2.24. The minimum absolute atomic E-state index is 0.215. The van der Waals surface area contributed by atoms with E-state index < -0.39 is 7.12 Å². The van der Waals surface area contributed by atoms with Gasteiger partial charge in [0.2, 0.25) is 0 Å². The predicted octanol–water partition coefficient (Wildman–Crippen LogP) is 1.92. The molecule has 0 spiro atoms. The van der Waals surface area contributed by atoms with Crippen molar-refractivity contribution in [1.29, 1.82) is 0 Å². The van der Waals surface area contributed by atoms with Gasteiger partial charge in [-0.2, -0.15) is 0 Å². The summed E-state index contributed by atoms with van der Waals surface area (Å²) in [6.45, 7) is 2.09. The molecule has 2 aromatic rings. The molecule has 0 radical (unpaired) electrons. The maximum Gasteiger partial charge on any atom is 0.492 e. The average molecular weight is 307 g/mol. The predicted molar refractivity (Wildman–Crippen MR) is 83.3 cm³/mol. The summed E-state index contributed by atoms with van der Waals surface area (Å²) in [5, 5.41) is 19.4. The van der Waals surface area contributed by atoms with E-state index in [1.54, 1.807) is 37.4 Å². The second-order valence-corrected chi connectivity index (χ2v) is 5.10. The number of hydrogen-bond donors (Lipinski definition) is 2. The first-order chi connectivity index (χ1) is 10.0. The zero-order valence-corrected chi connectivity index (χ0v) is 12.6. The Morgan fingerprint density at radius 1 is 1.10 bits per heavy atom. The standard InChI is InChI=1S/C15H16BClO4/c1-10-3-5-15(13(7-10)16(18)19)21-9-11-8-12(17)4-6-14(11)20-2/h3-8,18-19H,9H2,1-2H3. The number of halogens is 1. The third-order valence-electron chi connectivity index (χ3n) is 3.07. The number of rotatable bonds is 5. The van der Waals surface area contributed by atoms with Crippen LogP contribution in [0.4, 0.5) is 0 Å². The molecule has 0 saturated carbocycles. The largest absolute Gasteiger partial charge is 0.496 e. The molecule has 0 aliphatic rings. The fourth-order valence-electron chi connectivity index (χ4n) is 2.02. The van der Waals surface area contributed by atoms with Crippen molar-refractivity contribution >= 4 is 24.2 Å². The molecule has 0 fully saturated rings. The van der Waals surface area contributed by atoms with Gasteiger partial charge in [0.05, 0.1) is 7.11 Å². The van der Waals surface area contributed by atoms with Crippen molar-refractivity contribution in [3.63, 3.8) is 0 Å². The van der Waals surface area contributed by atoms with Crippen molar-refractivity contribution in [2.24, 2.45) is 0 Å². The summed E-state index contributed by atoms with van der Waals surface area (Å²) in [7, 11) is -0.0113. The van der Waals surface area contributed by atoms with E-state index in [4.69, 9.17) is 21.1 Å². The lowest BCUT2D eigenvalue weighted by atomic mass is 9.79. The van der Waals surface area contributed by atoms with Crippen molar-refractivity contribution < 1.29 is 19.5 Å². The Hall–Kier alpha value is -1.69. The van der Waals surface area contributed by atoms with Gasteiger partial charge >= 0.3 is 7.12 Å². The Labute approximate surface area is 129 Å². The normalized spacial score (nSPS) is 10.3. The number of hydrogen-bond acceptors (Lipinski definition) is 4. The molecule has 0 heterocycles. The van der Waals surface area contributed by atoms with Crippen LogP contribution in [0.25, 0.3) is 0 Å². The van der Waals surface area contributed by atoms with Gasteiger partial charge in [-0.3, -0.25) is 0 Å². The van der Waals surface area contributed by atoms with Crippen LogP contribution < -0.4 is 14.9 Å². The Morgan fingerprint density at radius 2 is 1.81 bits per heavy atom. The molecule has 6 heteroatoms. The van der Waals surface area contributed by atoms with Gasteiger partial charge in [0.1, 0.15) is 18.1 Å². The summed E-state index contributed by atoms with van der Waals surface area (Å²) >= 11 is 5.97. The van der Waals surface area contributed by atoms with E-state index in [0.29, 0.717) is 22.0 Å². The Bertz CT molecular complexity index is 631. The molecule has 2 aromatic carbocycles. The fourth-order valence-corrected chi connectivity index (χ4v) is 2.21. The van der Waals surface area contributed by atoms with E-state index in [2.05, 4.69) is 0 Å². The van der Waals surface area contributed by atoms with E-state index in [1.807, 2.05) is 13.0 Å². The van der Waals surface area contributed by atoms with E-state index >= 15 is 0 Å². The summed E-state index contributed by atoms with van der Waals surface area (Å²) in [5.41, 5.74) is 2.03. The third-order valence-corrected chi connectivity index (χ3v) is 3.30. The zero-order valence-electron chi connectivity index (χ0n) is 11.8. The first kappa shape index (κ1) is 15.7. The molecule has 0 saturated heterocycles. The Kier molecular flexibility index (Phi) is 5.12. The lowest BCUT2D eigenvalue weighted by Gasteiger charge is -2.14. The molecule has 0 aromatic heterocycles. The summed E-state index contributed by atoms with van der Waals surface area (Å²) in [4.78, 5) is 0. The number of aryl methyl sites for hydroxylation is 1. The maximum atomic E-state index is 9.40. The molecule has 0 aliphatic carbocycles. The molecular weight excluding hydrogens is 290 g/mol. The van der Waals surface area contributed by atoms with E-state index in [9.17, 15) is 10.0 Å².